The number of hydrogen-bond acceptors (Lipinski definition) is 3. The molecule has 5 rings (SSSR count). The van der Waals surface area contributed by atoms with Gasteiger partial charge in [0, 0.05) is 29.4 Å². The van der Waals surface area contributed by atoms with Crippen LogP contribution >= 0.6 is 11.6 Å². The molecule has 0 saturated carbocycles. The smallest absolute Gasteiger partial charge is 0.255 e. The number of carbonyl (C=O) groups is 1. The first-order chi connectivity index (χ1) is 15.2. The van der Waals surface area contributed by atoms with Crippen LogP contribution in [0.15, 0.2) is 97.2 Å². The van der Waals surface area contributed by atoms with Crippen LogP contribution in [0, 0.1) is 0 Å². The number of para-hydroxylation sites is 1. The van der Waals surface area contributed by atoms with E-state index < -0.39 is 0 Å². The zero-order valence-corrected chi connectivity index (χ0v) is 17.4. The largest absolute Gasteiger partial charge is 0.379 e. The predicted octanol–water partition coefficient (Wildman–Crippen LogP) is 6.82. The average Bonchev–Trinajstić information content (AvgIpc) is 3.03. The minimum Gasteiger partial charge on any atom is -0.379 e. The number of amides is 1. The molecule has 0 spiro atoms. The van der Waals surface area contributed by atoms with E-state index >= 15 is 0 Å². The van der Waals surface area contributed by atoms with Crippen molar-refractivity contribution in [3.05, 3.63) is 108 Å². The fraction of sp³-hybridized carbons (Fsp3) is 0.0385. The third-order valence-electron chi connectivity index (χ3n) is 5.35. The molecule has 1 heterocycles. The molecule has 0 bridgehead atoms. The Morgan fingerprint density at radius 2 is 1.68 bits per heavy atom. The standard InChI is InChI=1S/C26H20ClN3O/c27-22-8-3-4-9-23(22)29-26(31)19-10-13-20(14-11-19)30-17-5-16-28-25-21-7-2-1-6-18(21)12-15-24(25)30/h1-15,17,28H,16H2,(H,29,31). The van der Waals surface area contributed by atoms with Gasteiger partial charge in [0.1, 0.15) is 0 Å². The summed E-state index contributed by atoms with van der Waals surface area (Å²) in [6.07, 6.45) is 4.15. The fourth-order valence-electron chi connectivity index (χ4n) is 3.80. The highest BCUT2D eigenvalue weighted by atomic mass is 35.5. The zero-order chi connectivity index (χ0) is 21.2. The molecule has 0 unspecified atom stereocenters. The van der Waals surface area contributed by atoms with Crippen molar-refractivity contribution in [3.63, 3.8) is 0 Å². The van der Waals surface area contributed by atoms with Crippen molar-refractivity contribution in [3.8, 4) is 0 Å². The Kier molecular flexibility index (Phi) is 5.06. The molecule has 2 N–H and O–H groups in total. The van der Waals surface area contributed by atoms with Crippen molar-refractivity contribution in [2.24, 2.45) is 0 Å². The van der Waals surface area contributed by atoms with Crippen LogP contribution in [-0.2, 0) is 0 Å². The van der Waals surface area contributed by atoms with E-state index in [0.29, 0.717) is 16.3 Å². The van der Waals surface area contributed by atoms with Gasteiger partial charge >= 0.3 is 0 Å². The molecule has 4 aromatic rings. The Morgan fingerprint density at radius 3 is 2.52 bits per heavy atom. The number of fused-ring (bicyclic) bond motifs is 3. The van der Waals surface area contributed by atoms with Crippen LogP contribution < -0.4 is 15.5 Å². The van der Waals surface area contributed by atoms with Gasteiger partial charge in [-0.3, -0.25) is 4.79 Å². The van der Waals surface area contributed by atoms with Gasteiger partial charge in [-0.2, -0.15) is 0 Å². The maximum Gasteiger partial charge on any atom is 0.255 e. The normalized spacial score (nSPS) is 12.7. The molecule has 5 heteroatoms. The molecule has 1 aliphatic heterocycles. The lowest BCUT2D eigenvalue weighted by molar-refractivity contribution is 0.102. The summed E-state index contributed by atoms with van der Waals surface area (Å²) in [6, 6.07) is 27.4. The molecule has 4 aromatic carbocycles. The van der Waals surface area contributed by atoms with Crippen LogP contribution in [0.5, 0.6) is 0 Å². The first-order valence-corrected chi connectivity index (χ1v) is 10.5. The van der Waals surface area contributed by atoms with Crippen LogP contribution in [0.25, 0.3) is 10.8 Å². The third kappa shape index (κ3) is 3.74. The summed E-state index contributed by atoms with van der Waals surface area (Å²) in [5.41, 5.74) is 4.31. The molecule has 31 heavy (non-hydrogen) atoms. The minimum atomic E-state index is -0.195. The number of halogens is 1. The molecule has 0 fully saturated rings. The van der Waals surface area contributed by atoms with Crippen molar-refractivity contribution in [2.75, 3.05) is 22.1 Å². The summed E-state index contributed by atoms with van der Waals surface area (Å²) >= 11 is 6.15. The van der Waals surface area contributed by atoms with Crippen molar-refractivity contribution in [2.45, 2.75) is 0 Å². The Balaban J connectivity index is 1.45. The van der Waals surface area contributed by atoms with Crippen LogP contribution in [0.4, 0.5) is 22.7 Å². The molecule has 0 saturated heterocycles. The Morgan fingerprint density at radius 1 is 0.903 bits per heavy atom. The molecule has 1 amide bonds. The number of carbonyl (C=O) groups excluding carboxylic acids is 1. The highest BCUT2D eigenvalue weighted by Crippen LogP contribution is 2.39. The topological polar surface area (TPSA) is 44.4 Å². The molecular weight excluding hydrogens is 406 g/mol. The van der Waals surface area contributed by atoms with E-state index in [1.807, 2.05) is 42.5 Å². The highest BCUT2D eigenvalue weighted by molar-refractivity contribution is 6.33. The number of hydrogen-bond donors (Lipinski definition) is 2. The number of anilines is 4. The molecule has 0 aliphatic carbocycles. The van der Waals surface area contributed by atoms with Gasteiger partial charge in [-0.15, -0.1) is 0 Å². The molecule has 152 valence electrons. The maximum absolute atomic E-state index is 12.6. The summed E-state index contributed by atoms with van der Waals surface area (Å²) < 4.78 is 0. The first kappa shape index (κ1) is 19.2. The number of rotatable bonds is 3. The second kappa shape index (κ2) is 8.17. The van der Waals surface area contributed by atoms with E-state index in [2.05, 4.69) is 58.1 Å². The van der Waals surface area contributed by atoms with Crippen LogP contribution in [0.1, 0.15) is 10.4 Å². The lowest BCUT2D eigenvalue weighted by Crippen LogP contribution is -2.13. The summed E-state index contributed by atoms with van der Waals surface area (Å²) in [7, 11) is 0. The van der Waals surface area contributed by atoms with Crippen LogP contribution in [-0.4, -0.2) is 12.5 Å². The van der Waals surface area contributed by atoms with Crippen molar-refractivity contribution >= 4 is 51.0 Å². The maximum atomic E-state index is 12.6. The Bertz CT molecular complexity index is 1300. The fourth-order valence-corrected chi connectivity index (χ4v) is 3.98. The van der Waals surface area contributed by atoms with Gasteiger partial charge < -0.3 is 15.5 Å². The molecule has 0 aromatic heterocycles. The molecular formula is C26H20ClN3O. The molecule has 4 nitrogen and oxygen atoms in total. The molecule has 0 radical (unpaired) electrons. The van der Waals surface area contributed by atoms with Gasteiger partial charge in [0.15, 0.2) is 0 Å². The summed E-state index contributed by atoms with van der Waals surface area (Å²) in [5.74, 6) is -0.195. The summed E-state index contributed by atoms with van der Waals surface area (Å²) in [4.78, 5) is 14.8. The highest BCUT2D eigenvalue weighted by Gasteiger charge is 2.17. The van der Waals surface area contributed by atoms with Gasteiger partial charge in [0.05, 0.1) is 22.1 Å². The van der Waals surface area contributed by atoms with E-state index in [1.165, 1.54) is 10.8 Å². The van der Waals surface area contributed by atoms with Crippen molar-refractivity contribution in [1.82, 2.24) is 0 Å². The zero-order valence-electron chi connectivity index (χ0n) is 16.7. The van der Waals surface area contributed by atoms with Crippen molar-refractivity contribution in [1.29, 1.82) is 0 Å². The van der Waals surface area contributed by atoms with Crippen LogP contribution in [0.2, 0.25) is 5.02 Å². The number of nitrogens with zero attached hydrogens (tertiary/aromatic N) is 1. The second-order valence-electron chi connectivity index (χ2n) is 7.30. The summed E-state index contributed by atoms with van der Waals surface area (Å²) in [6.45, 7) is 0.746. The van der Waals surface area contributed by atoms with Gasteiger partial charge in [0.25, 0.3) is 5.91 Å². The Hall–Kier alpha value is -3.76. The quantitative estimate of drug-likeness (QED) is 0.378. The lowest BCUT2D eigenvalue weighted by atomic mass is 10.1. The van der Waals surface area contributed by atoms with E-state index in [0.717, 1.165) is 23.6 Å². The van der Waals surface area contributed by atoms with E-state index in [9.17, 15) is 4.79 Å². The molecule has 1 aliphatic rings. The molecule has 0 atom stereocenters. The monoisotopic (exact) mass is 425 g/mol. The predicted molar refractivity (Wildman–Crippen MR) is 130 cm³/mol. The van der Waals surface area contributed by atoms with Gasteiger partial charge in [-0.1, -0.05) is 54.1 Å². The number of nitrogens with one attached hydrogen (secondary N) is 2. The first-order valence-electron chi connectivity index (χ1n) is 10.1. The van der Waals surface area contributed by atoms with E-state index in [4.69, 9.17) is 11.6 Å². The van der Waals surface area contributed by atoms with E-state index in [-0.39, 0.29) is 5.91 Å². The minimum absolute atomic E-state index is 0.195. The van der Waals surface area contributed by atoms with Crippen molar-refractivity contribution < 1.29 is 4.79 Å². The lowest BCUT2D eigenvalue weighted by Gasteiger charge is -2.23. The number of benzene rings is 4. The summed E-state index contributed by atoms with van der Waals surface area (Å²) in [5, 5.41) is 9.28. The van der Waals surface area contributed by atoms with Gasteiger partial charge in [0.2, 0.25) is 0 Å². The SMILES string of the molecule is O=C(Nc1ccccc1Cl)c1ccc(N2C=CCNc3c2ccc2ccccc32)cc1. The van der Waals surface area contributed by atoms with Crippen LogP contribution in [0.3, 0.4) is 0 Å². The Labute approximate surface area is 185 Å². The average molecular weight is 426 g/mol. The second-order valence-corrected chi connectivity index (χ2v) is 7.70. The van der Waals surface area contributed by atoms with Gasteiger partial charge in [-0.05, 0) is 53.9 Å². The third-order valence-corrected chi connectivity index (χ3v) is 5.68. The van der Waals surface area contributed by atoms with Gasteiger partial charge in [-0.25, -0.2) is 0 Å². The van der Waals surface area contributed by atoms with E-state index in [1.54, 1.807) is 12.1 Å².